The van der Waals surface area contributed by atoms with Crippen LogP contribution in [0.1, 0.15) is 32.3 Å². The molecular weight excluding hydrogens is 352 g/mol. The number of nitrogens with one attached hydrogen (secondary N) is 1. The lowest BCUT2D eigenvalue weighted by Gasteiger charge is -2.33. The molecule has 0 saturated carbocycles. The smallest absolute Gasteiger partial charge is 0.194 e. The van der Waals surface area contributed by atoms with Crippen LogP contribution in [0.4, 0.5) is 0 Å². The van der Waals surface area contributed by atoms with Crippen molar-refractivity contribution < 1.29 is 9.47 Å². The molecule has 6 nitrogen and oxygen atoms in total. The maximum absolute atomic E-state index is 5.97. The van der Waals surface area contributed by atoms with E-state index in [-0.39, 0.29) is 0 Å². The largest absolute Gasteiger partial charge is 0.492 e. The molecule has 3 rings (SSSR count). The molecule has 156 valence electrons. The normalized spacial score (nSPS) is 19.6. The van der Waals surface area contributed by atoms with Gasteiger partial charge in [0.2, 0.25) is 0 Å². The monoisotopic (exact) mass is 388 g/mol. The van der Waals surface area contributed by atoms with Gasteiger partial charge in [-0.25, -0.2) is 4.99 Å². The Kier molecular flexibility index (Phi) is 8.42. The molecule has 1 N–H and O–H groups in total. The van der Waals surface area contributed by atoms with E-state index in [1.165, 1.54) is 18.4 Å². The first-order valence-electron chi connectivity index (χ1n) is 10.8. The quantitative estimate of drug-likeness (QED) is 0.575. The molecule has 0 aliphatic carbocycles. The second kappa shape index (κ2) is 11.3. The fraction of sp³-hybridized carbons (Fsp3) is 0.682. The highest BCUT2D eigenvalue weighted by Crippen LogP contribution is 2.17. The van der Waals surface area contributed by atoms with Gasteiger partial charge in [-0.1, -0.05) is 19.1 Å². The SMILES string of the molecule is CCNC(=NCc1cccc(OCCN2CCOCC2)c1)N1CCC(C)CC1. The number of hydrogen-bond donors (Lipinski definition) is 1. The number of guanidine groups is 1. The van der Waals surface area contributed by atoms with Crippen LogP contribution in [0, 0.1) is 5.92 Å². The average Bonchev–Trinajstić information content (AvgIpc) is 2.73. The molecular formula is C22H36N4O2. The van der Waals surface area contributed by atoms with E-state index < -0.39 is 0 Å². The van der Waals surface area contributed by atoms with Crippen molar-refractivity contribution in [3.05, 3.63) is 29.8 Å². The zero-order chi connectivity index (χ0) is 19.6. The van der Waals surface area contributed by atoms with Crippen molar-refractivity contribution in [2.24, 2.45) is 10.9 Å². The Morgan fingerprint density at radius 1 is 1.21 bits per heavy atom. The van der Waals surface area contributed by atoms with Crippen LogP contribution in [0.15, 0.2) is 29.3 Å². The van der Waals surface area contributed by atoms with Crippen molar-refractivity contribution in [3.8, 4) is 5.75 Å². The molecule has 1 aromatic carbocycles. The summed E-state index contributed by atoms with van der Waals surface area (Å²) in [5.74, 6) is 2.79. The Labute approximate surface area is 169 Å². The second-order valence-corrected chi connectivity index (χ2v) is 7.79. The maximum atomic E-state index is 5.97. The lowest BCUT2D eigenvalue weighted by atomic mass is 10.00. The van der Waals surface area contributed by atoms with Crippen LogP contribution in [0.2, 0.25) is 0 Å². The number of rotatable bonds is 7. The van der Waals surface area contributed by atoms with Gasteiger partial charge in [-0.3, -0.25) is 4.90 Å². The van der Waals surface area contributed by atoms with Gasteiger partial charge in [0.05, 0.1) is 19.8 Å². The molecule has 2 fully saturated rings. The number of aliphatic imine (C=N–C) groups is 1. The number of ether oxygens (including phenoxy) is 2. The maximum Gasteiger partial charge on any atom is 0.194 e. The first-order chi connectivity index (χ1) is 13.7. The molecule has 0 bridgehead atoms. The third kappa shape index (κ3) is 6.67. The summed E-state index contributed by atoms with van der Waals surface area (Å²) in [6.45, 7) is 13.6. The molecule has 28 heavy (non-hydrogen) atoms. The lowest BCUT2D eigenvalue weighted by molar-refractivity contribution is 0.0322. The van der Waals surface area contributed by atoms with Crippen LogP contribution in [0.5, 0.6) is 5.75 Å². The number of piperidine rings is 1. The van der Waals surface area contributed by atoms with Gasteiger partial charge < -0.3 is 19.7 Å². The van der Waals surface area contributed by atoms with Crippen molar-refractivity contribution in [3.63, 3.8) is 0 Å². The van der Waals surface area contributed by atoms with E-state index in [1.807, 2.05) is 6.07 Å². The second-order valence-electron chi connectivity index (χ2n) is 7.79. The van der Waals surface area contributed by atoms with E-state index in [4.69, 9.17) is 14.5 Å². The van der Waals surface area contributed by atoms with Gasteiger partial charge in [0.1, 0.15) is 12.4 Å². The van der Waals surface area contributed by atoms with E-state index in [0.717, 1.165) is 70.1 Å². The minimum absolute atomic E-state index is 0.676. The predicted molar refractivity (Wildman–Crippen MR) is 114 cm³/mol. The van der Waals surface area contributed by atoms with Crippen LogP contribution in [-0.4, -0.2) is 74.8 Å². The molecule has 0 radical (unpaired) electrons. The van der Waals surface area contributed by atoms with Gasteiger partial charge in [0.15, 0.2) is 5.96 Å². The van der Waals surface area contributed by atoms with Gasteiger partial charge in [0, 0.05) is 39.3 Å². The van der Waals surface area contributed by atoms with Crippen molar-refractivity contribution in [1.29, 1.82) is 0 Å². The summed E-state index contributed by atoms with van der Waals surface area (Å²) in [7, 11) is 0. The fourth-order valence-electron chi connectivity index (χ4n) is 3.66. The van der Waals surface area contributed by atoms with Crippen molar-refractivity contribution >= 4 is 5.96 Å². The lowest BCUT2D eigenvalue weighted by Crippen LogP contribution is -2.45. The van der Waals surface area contributed by atoms with Gasteiger partial charge in [0.25, 0.3) is 0 Å². The highest BCUT2D eigenvalue weighted by molar-refractivity contribution is 5.80. The molecule has 0 atom stereocenters. The van der Waals surface area contributed by atoms with Crippen LogP contribution < -0.4 is 10.1 Å². The number of morpholine rings is 1. The third-order valence-corrected chi connectivity index (χ3v) is 5.51. The zero-order valence-corrected chi connectivity index (χ0v) is 17.5. The molecule has 0 spiro atoms. The summed E-state index contributed by atoms with van der Waals surface area (Å²) in [5.41, 5.74) is 1.18. The van der Waals surface area contributed by atoms with E-state index in [1.54, 1.807) is 0 Å². The number of hydrogen-bond acceptors (Lipinski definition) is 4. The summed E-state index contributed by atoms with van der Waals surface area (Å²) in [6.07, 6.45) is 2.49. The molecule has 0 unspecified atom stereocenters. The first-order valence-corrected chi connectivity index (χ1v) is 10.8. The molecule has 2 saturated heterocycles. The molecule has 0 aromatic heterocycles. The molecule has 6 heteroatoms. The topological polar surface area (TPSA) is 49.3 Å². The summed E-state index contributed by atoms with van der Waals surface area (Å²) >= 11 is 0. The molecule has 2 aliphatic heterocycles. The predicted octanol–water partition coefficient (Wildman–Crippen LogP) is 2.60. The minimum Gasteiger partial charge on any atom is -0.492 e. The highest BCUT2D eigenvalue weighted by Gasteiger charge is 2.18. The van der Waals surface area contributed by atoms with Gasteiger partial charge >= 0.3 is 0 Å². The van der Waals surface area contributed by atoms with E-state index in [9.17, 15) is 0 Å². The molecule has 1 aromatic rings. The van der Waals surface area contributed by atoms with Crippen molar-refractivity contribution in [2.75, 3.05) is 59.1 Å². The Morgan fingerprint density at radius 2 is 2.00 bits per heavy atom. The average molecular weight is 389 g/mol. The van der Waals surface area contributed by atoms with Gasteiger partial charge in [-0.2, -0.15) is 0 Å². The highest BCUT2D eigenvalue weighted by atomic mass is 16.5. The van der Waals surface area contributed by atoms with Gasteiger partial charge in [-0.05, 0) is 43.4 Å². The summed E-state index contributed by atoms with van der Waals surface area (Å²) in [4.78, 5) is 9.66. The van der Waals surface area contributed by atoms with E-state index >= 15 is 0 Å². The van der Waals surface area contributed by atoms with E-state index in [2.05, 4.69) is 47.2 Å². The molecule has 0 amide bonds. The van der Waals surface area contributed by atoms with Gasteiger partial charge in [-0.15, -0.1) is 0 Å². The van der Waals surface area contributed by atoms with Crippen LogP contribution in [0.3, 0.4) is 0 Å². The Bertz CT molecular complexity index is 608. The van der Waals surface area contributed by atoms with Crippen LogP contribution >= 0.6 is 0 Å². The number of benzene rings is 1. The Hall–Kier alpha value is -1.79. The Morgan fingerprint density at radius 3 is 2.75 bits per heavy atom. The third-order valence-electron chi connectivity index (χ3n) is 5.51. The fourth-order valence-corrected chi connectivity index (χ4v) is 3.66. The zero-order valence-electron chi connectivity index (χ0n) is 17.5. The van der Waals surface area contributed by atoms with Crippen molar-refractivity contribution in [1.82, 2.24) is 15.1 Å². The number of likely N-dealkylation sites (tertiary alicyclic amines) is 1. The van der Waals surface area contributed by atoms with Crippen LogP contribution in [-0.2, 0) is 11.3 Å². The molecule has 2 aliphatic rings. The van der Waals surface area contributed by atoms with E-state index in [0.29, 0.717) is 13.2 Å². The number of nitrogens with zero attached hydrogens (tertiary/aromatic N) is 3. The summed E-state index contributed by atoms with van der Waals surface area (Å²) in [6, 6.07) is 8.33. The minimum atomic E-state index is 0.676. The van der Waals surface area contributed by atoms with Crippen molar-refractivity contribution in [2.45, 2.75) is 33.2 Å². The summed E-state index contributed by atoms with van der Waals surface area (Å²) in [5, 5.41) is 3.45. The standard InChI is InChI=1S/C22H36N4O2/c1-3-23-22(26-9-7-19(2)8-10-26)24-18-20-5-4-6-21(17-20)28-16-13-25-11-14-27-15-12-25/h4-6,17,19H,3,7-16,18H2,1-2H3,(H,23,24). The summed E-state index contributed by atoms with van der Waals surface area (Å²) < 4.78 is 11.4. The first kappa shape index (κ1) is 20.9. The molecule has 2 heterocycles. The Balaban J connectivity index is 1.51. The van der Waals surface area contributed by atoms with Crippen LogP contribution in [0.25, 0.3) is 0 Å².